The Morgan fingerprint density at radius 3 is 2.26 bits per heavy atom. The van der Waals surface area contributed by atoms with E-state index in [0.717, 1.165) is 22.5 Å². The number of aryl methyl sites for hydroxylation is 1. The van der Waals surface area contributed by atoms with E-state index in [2.05, 4.69) is 5.32 Å². The number of thiophene rings is 1. The van der Waals surface area contributed by atoms with E-state index in [4.69, 9.17) is 0 Å². The number of benzene rings is 1. The minimum absolute atomic E-state index is 0.0422. The highest BCUT2D eigenvalue weighted by Crippen LogP contribution is 2.22. The van der Waals surface area contributed by atoms with E-state index in [1.165, 1.54) is 4.88 Å². The molecule has 0 saturated heterocycles. The molecule has 0 unspecified atom stereocenters. The van der Waals surface area contributed by atoms with Gasteiger partial charge in [-0.15, -0.1) is 11.3 Å². The number of hydrogen-bond donors (Lipinski definition) is 1. The summed E-state index contributed by atoms with van der Waals surface area (Å²) in [6, 6.07) is 7.81. The van der Waals surface area contributed by atoms with Crippen LogP contribution in [0.15, 0.2) is 29.6 Å². The molecule has 0 aliphatic heterocycles. The molecule has 2 aromatic rings. The van der Waals surface area contributed by atoms with E-state index >= 15 is 0 Å². The molecule has 1 aromatic heterocycles. The second-order valence-corrected chi connectivity index (χ2v) is 5.81. The molecule has 3 nitrogen and oxygen atoms in total. The molecule has 19 heavy (non-hydrogen) atoms. The van der Waals surface area contributed by atoms with Crippen LogP contribution in [0.25, 0.3) is 0 Å². The normalized spacial score (nSPS) is 10.3. The number of hydrogen-bond acceptors (Lipinski definition) is 3. The van der Waals surface area contributed by atoms with Crippen LogP contribution >= 0.6 is 11.3 Å². The van der Waals surface area contributed by atoms with Gasteiger partial charge in [-0.3, -0.25) is 4.79 Å². The van der Waals surface area contributed by atoms with Crippen molar-refractivity contribution in [3.8, 4) is 0 Å². The van der Waals surface area contributed by atoms with Crippen LogP contribution < -0.4 is 10.2 Å². The third-order valence-electron chi connectivity index (χ3n) is 3.17. The van der Waals surface area contributed by atoms with Gasteiger partial charge in [-0.05, 0) is 43.7 Å². The van der Waals surface area contributed by atoms with Crippen molar-refractivity contribution in [1.82, 2.24) is 0 Å². The Kier molecular flexibility index (Phi) is 3.90. The highest BCUT2D eigenvalue weighted by Gasteiger charge is 2.12. The molecule has 1 N–H and O–H groups in total. The summed E-state index contributed by atoms with van der Waals surface area (Å²) in [7, 11) is 3.98. The van der Waals surface area contributed by atoms with Crippen molar-refractivity contribution in [2.24, 2.45) is 0 Å². The second kappa shape index (κ2) is 5.45. The Bertz CT molecular complexity index is 585. The van der Waals surface area contributed by atoms with Crippen LogP contribution in [0.3, 0.4) is 0 Å². The van der Waals surface area contributed by atoms with Gasteiger partial charge >= 0.3 is 0 Å². The van der Waals surface area contributed by atoms with Crippen LogP contribution in [0.4, 0.5) is 11.4 Å². The third-order valence-corrected chi connectivity index (χ3v) is 4.19. The van der Waals surface area contributed by atoms with Gasteiger partial charge in [0.15, 0.2) is 0 Å². The van der Waals surface area contributed by atoms with Crippen molar-refractivity contribution >= 4 is 28.6 Å². The van der Waals surface area contributed by atoms with Gasteiger partial charge in [0.25, 0.3) is 5.91 Å². The van der Waals surface area contributed by atoms with E-state index in [9.17, 15) is 4.79 Å². The molecule has 0 spiro atoms. The average molecular weight is 274 g/mol. The maximum absolute atomic E-state index is 12.2. The smallest absolute Gasteiger partial charge is 0.256 e. The Morgan fingerprint density at radius 1 is 1.16 bits per heavy atom. The molecule has 0 radical (unpaired) electrons. The zero-order valence-electron chi connectivity index (χ0n) is 11.7. The summed E-state index contributed by atoms with van der Waals surface area (Å²) in [5.41, 5.74) is 3.76. The van der Waals surface area contributed by atoms with Gasteiger partial charge in [-0.2, -0.15) is 0 Å². The van der Waals surface area contributed by atoms with Crippen molar-refractivity contribution in [1.29, 1.82) is 0 Å². The maximum atomic E-state index is 12.2. The molecule has 0 bridgehead atoms. The van der Waals surface area contributed by atoms with Gasteiger partial charge in [0.2, 0.25) is 0 Å². The molecular formula is C15H18N2OS. The quantitative estimate of drug-likeness (QED) is 0.926. The van der Waals surface area contributed by atoms with E-state index in [1.54, 1.807) is 11.3 Å². The fraction of sp³-hybridized carbons (Fsp3) is 0.267. The standard InChI is InChI=1S/C15H18N2OS/c1-10-11(2)19-9-14(10)15(18)16-12-5-7-13(8-6-12)17(3)4/h5-9H,1-4H3,(H,16,18). The topological polar surface area (TPSA) is 32.3 Å². The minimum atomic E-state index is -0.0422. The predicted octanol–water partition coefficient (Wildman–Crippen LogP) is 3.68. The molecule has 1 amide bonds. The lowest BCUT2D eigenvalue weighted by atomic mass is 10.1. The Morgan fingerprint density at radius 2 is 1.79 bits per heavy atom. The summed E-state index contributed by atoms with van der Waals surface area (Å²) < 4.78 is 0. The summed E-state index contributed by atoms with van der Waals surface area (Å²) in [5.74, 6) is -0.0422. The number of amides is 1. The number of nitrogens with one attached hydrogen (secondary N) is 1. The van der Waals surface area contributed by atoms with E-state index in [1.807, 2.05) is 62.5 Å². The first-order valence-corrected chi connectivity index (χ1v) is 7.00. The van der Waals surface area contributed by atoms with Crippen LogP contribution in [-0.2, 0) is 0 Å². The lowest BCUT2D eigenvalue weighted by Gasteiger charge is -2.13. The molecule has 0 saturated carbocycles. The first-order valence-electron chi connectivity index (χ1n) is 6.12. The molecule has 0 fully saturated rings. The predicted molar refractivity (Wildman–Crippen MR) is 82.5 cm³/mol. The average Bonchev–Trinajstić information content (AvgIpc) is 2.70. The highest BCUT2D eigenvalue weighted by atomic mass is 32.1. The fourth-order valence-electron chi connectivity index (χ4n) is 1.78. The lowest BCUT2D eigenvalue weighted by Crippen LogP contribution is -2.13. The molecule has 4 heteroatoms. The molecule has 100 valence electrons. The SMILES string of the molecule is Cc1scc(C(=O)Nc2ccc(N(C)C)cc2)c1C. The number of rotatable bonds is 3. The Labute approximate surface area is 117 Å². The summed E-state index contributed by atoms with van der Waals surface area (Å²) in [4.78, 5) is 15.4. The fourth-order valence-corrected chi connectivity index (χ4v) is 2.64. The maximum Gasteiger partial charge on any atom is 0.256 e. The van der Waals surface area contributed by atoms with Crippen LogP contribution in [-0.4, -0.2) is 20.0 Å². The summed E-state index contributed by atoms with van der Waals surface area (Å²) >= 11 is 1.61. The van der Waals surface area contributed by atoms with Crippen LogP contribution in [0, 0.1) is 13.8 Å². The highest BCUT2D eigenvalue weighted by molar-refractivity contribution is 7.10. The van der Waals surface area contributed by atoms with Crippen LogP contribution in [0.1, 0.15) is 20.8 Å². The largest absolute Gasteiger partial charge is 0.378 e. The zero-order valence-corrected chi connectivity index (χ0v) is 12.5. The van der Waals surface area contributed by atoms with E-state index in [0.29, 0.717) is 0 Å². The first kappa shape index (κ1) is 13.6. The van der Waals surface area contributed by atoms with Gasteiger partial charge in [0, 0.05) is 35.7 Å². The van der Waals surface area contributed by atoms with Crippen molar-refractivity contribution < 1.29 is 4.79 Å². The van der Waals surface area contributed by atoms with Crippen molar-refractivity contribution in [2.75, 3.05) is 24.3 Å². The van der Waals surface area contributed by atoms with Gasteiger partial charge in [0.05, 0.1) is 5.56 Å². The molecule has 0 atom stereocenters. The summed E-state index contributed by atoms with van der Waals surface area (Å²) in [5, 5.41) is 4.84. The summed E-state index contributed by atoms with van der Waals surface area (Å²) in [6.07, 6.45) is 0. The number of carbonyl (C=O) groups is 1. The molecule has 1 heterocycles. The number of carbonyl (C=O) groups excluding carboxylic acids is 1. The second-order valence-electron chi connectivity index (χ2n) is 4.73. The monoisotopic (exact) mass is 274 g/mol. The number of nitrogens with zero attached hydrogens (tertiary/aromatic N) is 1. The Balaban J connectivity index is 2.13. The van der Waals surface area contributed by atoms with E-state index in [-0.39, 0.29) is 5.91 Å². The molecule has 1 aromatic carbocycles. The third kappa shape index (κ3) is 2.96. The summed E-state index contributed by atoms with van der Waals surface area (Å²) in [6.45, 7) is 4.01. The zero-order chi connectivity index (χ0) is 14.0. The van der Waals surface area contributed by atoms with Gasteiger partial charge < -0.3 is 10.2 Å². The van der Waals surface area contributed by atoms with E-state index < -0.39 is 0 Å². The van der Waals surface area contributed by atoms with Crippen molar-refractivity contribution in [3.05, 3.63) is 45.6 Å². The molecule has 0 aliphatic rings. The molecule has 2 rings (SSSR count). The van der Waals surface area contributed by atoms with Gasteiger partial charge in [-0.1, -0.05) is 0 Å². The Hall–Kier alpha value is -1.81. The van der Waals surface area contributed by atoms with Gasteiger partial charge in [0.1, 0.15) is 0 Å². The minimum Gasteiger partial charge on any atom is -0.378 e. The lowest BCUT2D eigenvalue weighted by molar-refractivity contribution is 0.102. The van der Waals surface area contributed by atoms with Crippen LogP contribution in [0.5, 0.6) is 0 Å². The van der Waals surface area contributed by atoms with Gasteiger partial charge in [-0.25, -0.2) is 0 Å². The molecule has 0 aliphatic carbocycles. The van der Waals surface area contributed by atoms with Crippen molar-refractivity contribution in [2.45, 2.75) is 13.8 Å². The van der Waals surface area contributed by atoms with Crippen LogP contribution in [0.2, 0.25) is 0 Å². The molecular weight excluding hydrogens is 256 g/mol. The van der Waals surface area contributed by atoms with Crippen molar-refractivity contribution in [3.63, 3.8) is 0 Å². The first-order chi connectivity index (χ1) is 8.99. The number of anilines is 2.